The monoisotopic (exact) mass is 279 g/mol. The summed E-state index contributed by atoms with van der Waals surface area (Å²) in [5.41, 5.74) is 0. The van der Waals surface area contributed by atoms with E-state index in [0.717, 1.165) is 12.8 Å². The second-order valence-corrected chi connectivity index (χ2v) is 5.86. The van der Waals surface area contributed by atoms with Gasteiger partial charge in [0, 0.05) is 25.2 Å². The van der Waals surface area contributed by atoms with Crippen LogP contribution in [0.2, 0.25) is 0 Å². The number of halogens is 1. The highest BCUT2D eigenvalue weighted by Gasteiger charge is 2.36. The number of aromatic nitrogens is 2. The van der Waals surface area contributed by atoms with Gasteiger partial charge in [-0.2, -0.15) is 4.98 Å². The predicted octanol–water partition coefficient (Wildman–Crippen LogP) is 2.08. The average Bonchev–Trinajstić information content (AvgIpc) is 2.42. The lowest BCUT2D eigenvalue weighted by molar-refractivity contribution is 0.0607. The van der Waals surface area contributed by atoms with E-state index in [4.69, 9.17) is 0 Å². The first-order chi connectivity index (χ1) is 9.67. The van der Waals surface area contributed by atoms with E-state index < -0.39 is 0 Å². The highest BCUT2D eigenvalue weighted by Crippen LogP contribution is 2.33. The van der Waals surface area contributed by atoms with Gasteiger partial charge in [0.15, 0.2) is 11.6 Å². The van der Waals surface area contributed by atoms with Crippen molar-refractivity contribution in [2.75, 3.05) is 24.7 Å². The third-order valence-electron chi connectivity index (χ3n) is 4.65. The zero-order valence-corrected chi connectivity index (χ0v) is 12.1. The highest BCUT2D eigenvalue weighted by atomic mass is 19.1. The Morgan fingerprint density at radius 1 is 1.30 bits per heavy atom. The summed E-state index contributed by atoms with van der Waals surface area (Å²) in [6, 6.07) is 1.54. The summed E-state index contributed by atoms with van der Waals surface area (Å²) in [5, 5.41) is 6.12. The number of anilines is 2. The smallest absolute Gasteiger partial charge is 0.224 e. The first-order valence-corrected chi connectivity index (χ1v) is 7.36. The topological polar surface area (TPSA) is 53.1 Å². The highest BCUT2D eigenvalue weighted by molar-refractivity contribution is 5.41. The molecule has 1 aromatic heterocycles. The normalized spacial score (nSPS) is 30.1. The first kappa shape index (κ1) is 13.5. The molecule has 1 aromatic rings. The molecule has 2 fully saturated rings. The van der Waals surface area contributed by atoms with Gasteiger partial charge in [0.2, 0.25) is 5.95 Å². The zero-order valence-electron chi connectivity index (χ0n) is 12.1. The Balaban J connectivity index is 1.72. The van der Waals surface area contributed by atoms with E-state index in [1.54, 1.807) is 7.05 Å². The lowest BCUT2D eigenvalue weighted by atomic mass is 9.82. The fourth-order valence-corrected chi connectivity index (χ4v) is 3.52. The Hall–Kier alpha value is -1.43. The van der Waals surface area contributed by atoms with E-state index in [9.17, 15) is 4.39 Å². The van der Waals surface area contributed by atoms with Crippen molar-refractivity contribution in [1.82, 2.24) is 14.9 Å². The molecule has 20 heavy (non-hydrogen) atoms. The molecule has 2 saturated heterocycles. The van der Waals surface area contributed by atoms with Crippen molar-refractivity contribution in [3.8, 4) is 0 Å². The molecule has 0 radical (unpaired) electrons. The molecule has 2 N–H and O–H groups in total. The lowest BCUT2D eigenvalue weighted by Gasteiger charge is -2.47. The van der Waals surface area contributed by atoms with Gasteiger partial charge in [0.1, 0.15) is 0 Å². The molecule has 6 heteroatoms. The summed E-state index contributed by atoms with van der Waals surface area (Å²) >= 11 is 0. The molecule has 2 aliphatic heterocycles. The van der Waals surface area contributed by atoms with Gasteiger partial charge in [-0.15, -0.1) is 0 Å². The number of hydrogen-bond acceptors (Lipinski definition) is 5. The van der Waals surface area contributed by atoms with Crippen molar-refractivity contribution < 1.29 is 4.39 Å². The van der Waals surface area contributed by atoms with Gasteiger partial charge >= 0.3 is 0 Å². The quantitative estimate of drug-likeness (QED) is 0.887. The van der Waals surface area contributed by atoms with Crippen LogP contribution >= 0.6 is 0 Å². The third kappa shape index (κ3) is 2.57. The third-order valence-corrected chi connectivity index (χ3v) is 4.65. The van der Waals surface area contributed by atoms with Crippen molar-refractivity contribution in [2.24, 2.45) is 0 Å². The average molecular weight is 279 g/mol. The molecule has 2 unspecified atom stereocenters. The van der Waals surface area contributed by atoms with Crippen LogP contribution in [0.25, 0.3) is 0 Å². The Bertz CT molecular complexity index is 467. The molecule has 0 amide bonds. The van der Waals surface area contributed by atoms with Gasteiger partial charge in [0.25, 0.3) is 0 Å². The second-order valence-electron chi connectivity index (χ2n) is 5.86. The standard InChI is InChI=1S/C14H22FN5/c1-16-14-17-8-12(15)13(19-14)18-9-6-10-4-3-5-11(7-9)20(10)2/h8-11H,3-7H2,1-2H3,(H2,16,17,18,19). The molecule has 2 atom stereocenters. The maximum absolute atomic E-state index is 13.8. The van der Waals surface area contributed by atoms with Gasteiger partial charge in [-0.25, -0.2) is 9.37 Å². The van der Waals surface area contributed by atoms with Crippen LogP contribution in [0.5, 0.6) is 0 Å². The predicted molar refractivity (Wildman–Crippen MR) is 77.4 cm³/mol. The molecular formula is C14H22FN5. The number of hydrogen-bond donors (Lipinski definition) is 2. The van der Waals surface area contributed by atoms with Crippen molar-refractivity contribution in [2.45, 2.75) is 50.2 Å². The summed E-state index contributed by atoms with van der Waals surface area (Å²) in [7, 11) is 3.95. The molecule has 0 spiro atoms. The van der Waals surface area contributed by atoms with E-state index in [1.165, 1.54) is 25.5 Å². The molecule has 0 saturated carbocycles. The minimum atomic E-state index is -0.381. The maximum atomic E-state index is 13.8. The van der Waals surface area contributed by atoms with Crippen LogP contribution in [0.4, 0.5) is 16.2 Å². The van der Waals surface area contributed by atoms with Crippen LogP contribution < -0.4 is 10.6 Å². The van der Waals surface area contributed by atoms with Crippen LogP contribution in [0, 0.1) is 5.82 Å². The molecule has 110 valence electrons. The minimum Gasteiger partial charge on any atom is -0.365 e. The molecule has 3 heterocycles. The van der Waals surface area contributed by atoms with E-state index in [0.29, 0.717) is 29.9 Å². The van der Waals surface area contributed by atoms with Crippen LogP contribution in [-0.4, -0.2) is 47.1 Å². The number of rotatable bonds is 3. The van der Waals surface area contributed by atoms with Gasteiger partial charge in [0.05, 0.1) is 6.20 Å². The Morgan fingerprint density at radius 3 is 2.65 bits per heavy atom. The molecular weight excluding hydrogens is 257 g/mol. The lowest BCUT2D eigenvalue weighted by Crippen LogP contribution is -2.52. The molecule has 5 nitrogen and oxygen atoms in total. The SMILES string of the molecule is CNc1ncc(F)c(NC2CC3CCCC(C2)N3C)n1. The summed E-state index contributed by atoms with van der Waals surface area (Å²) < 4.78 is 13.8. The molecule has 3 rings (SSSR count). The molecule has 2 aliphatic rings. The second kappa shape index (κ2) is 5.52. The van der Waals surface area contributed by atoms with E-state index >= 15 is 0 Å². The summed E-state index contributed by atoms with van der Waals surface area (Å²) in [6.45, 7) is 0. The Labute approximate surface area is 119 Å². The summed E-state index contributed by atoms with van der Waals surface area (Å²) in [5.74, 6) is 0.382. The van der Waals surface area contributed by atoms with Gasteiger partial charge in [-0.05, 0) is 32.7 Å². The first-order valence-electron chi connectivity index (χ1n) is 7.36. The van der Waals surface area contributed by atoms with Gasteiger partial charge in [-0.3, -0.25) is 0 Å². The maximum Gasteiger partial charge on any atom is 0.224 e. The van der Waals surface area contributed by atoms with Crippen molar-refractivity contribution in [3.05, 3.63) is 12.0 Å². The van der Waals surface area contributed by atoms with Crippen molar-refractivity contribution >= 4 is 11.8 Å². The zero-order chi connectivity index (χ0) is 14.1. The van der Waals surface area contributed by atoms with E-state index in [-0.39, 0.29) is 5.82 Å². The summed E-state index contributed by atoms with van der Waals surface area (Å²) in [6.07, 6.45) is 7.16. The molecule has 0 aliphatic carbocycles. The van der Waals surface area contributed by atoms with E-state index in [2.05, 4.69) is 32.5 Å². The fourth-order valence-electron chi connectivity index (χ4n) is 3.52. The van der Waals surface area contributed by atoms with Crippen molar-refractivity contribution in [3.63, 3.8) is 0 Å². The van der Waals surface area contributed by atoms with Crippen LogP contribution in [0.1, 0.15) is 32.1 Å². The fraction of sp³-hybridized carbons (Fsp3) is 0.714. The summed E-state index contributed by atoms with van der Waals surface area (Å²) in [4.78, 5) is 10.5. The van der Waals surface area contributed by atoms with Gasteiger partial charge in [-0.1, -0.05) is 6.42 Å². The molecule has 0 aromatic carbocycles. The van der Waals surface area contributed by atoms with Gasteiger partial charge < -0.3 is 15.5 Å². The van der Waals surface area contributed by atoms with Crippen LogP contribution in [0.15, 0.2) is 6.20 Å². The minimum absolute atomic E-state index is 0.301. The Morgan fingerprint density at radius 2 is 2.00 bits per heavy atom. The largest absolute Gasteiger partial charge is 0.365 e. The van der Waals surface area contributed by atoms with Crippen LogP contribution in [0.3, 0.4) is 0 Å². The Kier molecular flexibility index (Phi) is 3.74. The van der Waals surface area contributed by atoms with E-state index in [1.807, 2.05) is 0 Å². The molecule has 2 bridgehead atoms. The van der Waals surface area contributed by atoms with Crippen LogP contribution in [-0.2, 0) is 0 Å². The van der Waals surface area contributed by atoms with Crippen molar-refractivity contribution in [1.29, 1.82) is 0 Å². The number of nitrogens with zero attached hydrogens (tertiary/aromatic N) is 3. The number of fused-ring (bicyclic) bond motifs is 2. The number of nitrogens with one attached hydrogen (secondary N) is 2. The number of piperidine rings is 2.